The Morgan fingerprint density at radius 1 is 1.19 bits per heavy atom. The first-order valence-corrected chi connectivity index (χ1v) is 6.78. The molecule has 0 aliphatic carbocycles. The molecule has 0 fully saturated rings. The molecule has 0 aliphatic heterocycles. The molecule has 0 saturated heterocycles. The maximum absolute atomic E-state index is 11.6. The highest BCUT2D eigenvalue weighted by Crippen LogP contribution is 2.17. The van der Waals surface area contributed by atoms with Gasteiger partial charge in [-0.1, -0.05) is 6.07 Å². The summed E-state index contributed by atoms with van der Waals surface area (Å²) in [6.45, 7) is 5.37. The number of carbonyl (C=O) groups is 2. The molecule has 6 heteroatoms. The molecule has 116 valence electrons. The average molecular weight is 296 g/mol. The van der Waals surface area contributed by atoms with E-state index in [4.69, 9.17) is 14.2 Å². The lowest BCUT2D eigenvalue weighted by molar-refractivity contribution is -0.157. The van der Waals surface area contributed by atoms with Crippen LogP contribution >= 0.6 is 0 Å². The molecule has 1 N–H and O–H groups in total. The topological polar surface area (TPSA) is 82.1 Å². The van der Waals surface area contributed by atoms with Crippen molar-refractivity contribution >= 4 is 11.9 Å². The summed E-state index contributed by atoms with van der Waals surface area (Å²) in [5.74, 6) is -0.843. The average Bonchev–Trinajstić information content (AvgIpc) is 2.47. The van der Waals surface area contributed by atoms with Crippen LogP contribution in [0.1, 0.15) is 31.1 Å². The second-order valence-corrected chi connectivity index (χ2v) is 4.27. The number of aliphatic hydroxyl groups is 1. The van der Waals surface area contributed by atoms with E-state index in [1.165, 1.54) is 6.07 Å². The minimum atomic E-state index is -1.39. The molecule has 1 rings (SSSR count). The number of hydrogen-bond acceptors (Lipinski definition) is 6. The number of benzene rings is 1. The van der Waals surface area contributed by atoms with Crippen LogP contribution in [0.15, 0.2) is 24.3 Å². The van der Waals surface area contributed by atoms with E-state index in [1.807, 2.05) is 0 Å². The fraction of sp³-hybridized carbons (Fsp3) is 0.467. The predicted octanol–water partition coefficient (Wildman–Crippen LogP) is 1.55. The zero-order chi connectivity index (χ0) is 15.8. The molecule has 2 atom stereocenters. The maximum Gasteiger partial charge on any atom is 0.338 e. The summed E-state index contributed by atoms with van der Waals surface area (Å²) < 4.78 is 15.1. The summed E-state index contributed by atoms with van der Waals surface area (Å²) in [6, 6.07) is 6.34. The zero-order valence-electron chi connectivity index (χ0n) is 12.4. The van der Waals surface area contributed by atoms with E-state index in [0.717, 1.165) is 0 Å². The van der Waals surface area contributed by atoms with Crippen molar-refractivity contribution in [1.29, 1.82) is 0 Å². The summed E-state index contributed by atoms with van der Waals surface area (Å²) in [6.07, 6.45) is -2.20. The summed E-state index contributed by atoms with van der Waals surface area (Å²) in [5.41, 5.74) is 0.340. The van der Waals surface area contributed by atoms with Crippen molar-refractivity contribution in [2.45, 2.75) is 33.0 Å². The molecule has 6 nitrogen and oxygen atoms in total. The van der Waals surface area contributed by atoms with Gasteiger partial charge >= 0.3 is 11.9 Å². The standard InChI is InChI=1S/C15H20O6/c1-4-19-14(17)11-7-6-8-12(9-11)21-10(3)13(16)15(18)20-5-2/h6-10,13,16H,4-5H2,1-3H3. The number of rotatable bonds is 7. The number of esters is 2. The highest BCUT2D eigenvalue weighted by molar-refractivity contribution is 5.89. The van der Waals surface area contributed by atoms with Gasteiger partial charge in [-0.3, -0.25) is 0 Å². The van der Waals surface area contributed by atoms with Crippen LogP contribution in [0.4, 0.5) is 0 Å². The van der Waals surface area contributed by atoms with Crippen molar-refractivity contribution in [2.75, 3.05) is 13.2 Å². The van der Waals surface area contributed by atoms with Gasteiger partial charge in [-0.05, 0) is 39.0 Å². The Hall–Kier alpha value is -2.08. The first kappa shape index (κ1) is 17.0. The van der Waals surface area contributed by atoms with E-state index in [9.17, 15) is 14.7 Å². The number of aliphatic hydroxyl groups excluding tert-OH is 1. The van der Waals surface area contributed by atoms with Crippen molar-refractivity contribution in [1.82, 2.24) is 0 Å². The van der Waals surface area contributed by atoms with Gasteiger partial charge in [0.25, 0.3) is 0 Å². The van der Waals surface area contributed by atoms with Gasteiger partial charge < -0.3 is 19.3 Å². The molecule has 0 amide bonds. The van der Waals surface area contributed by atoms with Crippen LogP contribution < -0.4 is 4.74 Å². The Morgan fingerprint density at radius 2 is 1.86 bits per heavy atom. The molecule has 0 aliphatic rings. The monoisotopic (exact) mass is 296 g/mol. The lowest BCUT2D eigenvalue weighted by atomic mass is 10.2. The van der Waals surface area contributed by atoms with Crippen molar-refractivity contribution in [3.05, 3.63) is 29.8 Å². The van der Waals surface area contributed by atoms with E-state index < -0.39 is 24.1 Å². The first-order chi connectivity index (χ1) is 9.99. The maximum atomic E-state index is 11.6. The Labute approximate surface area is 123 Å². The highest BCUT2D eigenvalue weighted by atomic mass is 16.6. The molecule has 0 heterocycles. The lowest BCUT2D eigenvalue weighted by Gasteiger charge is -2.19. The van der Waals surface area contributed by atoms with Gasteiger partial charge in [-0.2, -0.15) is 0 Å². The fourth-order valence-electron chi connectivity index (χ4n) is 1.61. The van der Waals surface area contributed by atoms with E-state index in [-0.39, 0.29) is 13.2 Å². The summed E-state index contributed by atoms with van der Waals surface area (Å²) >= 11 is 0. The number of carbonyl (C=O) groups excluding carboxylic acids is 2. The third kappa shape index (κ3) is 5.07. The second-order valence-electron chi connectivity index (χ2n) is 4.27. The lowest BCUT2D eigenvalue weighted by Crippen LogP contribution is -2.37. The summed E-state index contributed by atoms with van der Waals surface area (Å²) in [7, 11) is 0. The molecular weight excluding hydrogens is 276 g/mol. The van der Waals surface area contributed by atoms with Gasteiger partial charge in [0.1, 0.15) is 11.9 Å². The quantitative estimate of drug-likeness (QED) is 0.769. The Balaban J connectivity index is 2.72. The molecule has 2 unspecified atom stereocenters. The first-order valence-electron chi connectivity index (χ1n) is 6.78. The minimum absolute atomic E-state index is 0.182. The summed E-state index contributed by atoms with van der Waals surface area (Å²) in [4.78, 5) is 23.0. The Bertz CT molecular complexity index is 485. The molecule has 21 heavy (non-hydrogen) atoms. The third-order valence-electron chi connectivity index (χ3n) is 2.64. The van der Waals surface area contributed by atoms with Gasteiger partial charge in [-0.15, -0.1) is 0 Å². The Morgan fingerprint density at radius 3 is 2.48 bits per heavy atom. The molecule has 1 aromatic carbocycles. The smallest absolute Gasteiger partial charge is 0.338 e. The van der Waals surface area contributed by atoms with Crippen LogP contribution in [0.2, 0.25) is 0 Å². The minimum Gasteiger partial charge on any atom is -0.487 e. The zero-order valence-corrected chi connectivity index (χ0v) is 12.4. The Kier molecular flexibility index (Phi) is 6.68. The van der Waals surface area contributed by atoms with Crippen molar-refractivity contribution < 1.29 is 28.9 Å². The molecule has 0 radical (unpaired) electrons. The molecule has 0 aromatic heterocycles. The van der Waals surface area contributed by atoms with E-state index in [1.54, 1.807) is 39.0 Å². The van der Waals surface area contributed by atoms with Crippen LogP contribution in [0.3, 0.4) is 0 Å². The number of ether oxygens (including phenoxy) is 3. The largest absolute Gasteiger partial charge is 0.487 e. The van der Waals surface area contributed by atoms with Crippen molar-refractivity contribution in [3.8, 4) is 5.75 Å². The SMILES string of the molecule is CCOC(=O)c1cccc(OC(C)C(O)C(=O)OCC)c1. The molecule has 0 bridgehead atoms. The third-order valence-corrected chi connectivity index (χ3v) is 2.64. The fourth-order valence-corrected chi connectivity index (χ4v) is 1.61. The van der Waals surface area contributed by atoms with Crippen molar-refractivity contribution in [3.63, 3.8) is 0 Å². The van der Waals surface area contributed by atoms with Crippen molar-refractivity contribution in [2.24, 2.45) is 0 Å². The molecule has 0 spiro atoms. The van der Waals surface area contributed by atoms with Gasteiger partial charge in [0.05, 0.1) is 18.8 Å². The van der Waals surface area contributed by atoms with Gasteiger partial charge in [0, 0.05) is 0 Å². The molecule has 1 aromatic rings. The van der Waals surface area contributed by atoms with E-state index >= 15 is 0 Å². The summed E-state index contributed by atoms with van der Waals surface area (Å²) in [5, 5.41) is 9.75. The van der Waals surface area contributed by atoms with E-state index in [2.05, 4.69) is 0 Å². The van der Waals surface area contributed by atoms with Crippen LogP contribution in [0, 0.1) is 0 Å². The van der Waals surface area contributed by atoms with E-state index in [0.29, 0.717) is 11.3 Å². The van der Waals surface area contributed by atoms with Crippen LogP contribution in [-0.2, 0) is 14.3 Å². The van der Waals surface area contributed by atoms with Crippen LogP contribution in [0.5, 0.6) is 5.75 Å². The second kappa shape index (κ2) is 8.26. The normalized spacial score (nSPS) is 13.1. The van der Waals surface area contributed by atoms with Crippen LogP contribution in [0.25, 0.3) is 0 Å². The molecule has 0 saturated carbocycles. The van der Waals surface area contributed by atoms with Gasteiger partial charge in [-0.25, -0.2) is 9.59 Å². The van der Waals surface area contributed by atoms with Gasteiger partial charge in [0.2, 0.25) is 0 Å². The number of hydrogen-bond donors (Lipinski definition) is 1. The molecular formula is C15H20O6. The van der Waals surface area contributed by atoms with Crippen LogP contribution in [-0.4, -0.2) is 42.5 Å². The highest BCUT2D eigenvalue weighted by Gasteiger charge is 2.25. The predicted molar refractivity (Wildman–Crippen MR) is 75.1 cm³/mol. The van der Waals surface area contributed by atoms with Gasteiger partial charge in [0.15, 0.2) is 6.10 Å².